The fraction of sp³-hybridized carbons (Fsp3) is 0.636. The van der Waals surface area contributed by atoms with Crippen LogP contribution in [0.2, 0.25) is 0 Å². The highest BCUT2D eigenvalue weighted by atomic mass is 16.5. The summed E-state index contributed by atoms with van der Waals surface area (Å²) in [5, 5.41) is 9.17. The molecule has 3 rings (SSSR count). The van der Waals surface area contributed by atoms with Crippen LogP contribution in [-0.4, -0.2) is 46.7 Å². The van der Waals surface area contributed by atoms with E-state index in [4.69, 9.17) is 4.74 Å². The summed E-state index contributed by atoms with van der Waals surface area (Å²) in [5.74, 6) is -2.26. The second kappa shape index (κ2) is 2.85. The number of hydrogen-bond acceptors (Lipinski definition) is 3. The number of carbonyl (C=O) groups excluding carboxylic acids is 1. The average molecular weight is 223 g/mol. The molecule has 3 aliphatic heterocycles. The normalized spacial score (nSPS) is 44.2. The van der Waals surface area contributed by atoms with Gasteiger partial charge in [0.15, 0.2) is 0 Å². The lowest BCUT2D eigenvalue weighted by Crippen LogP contribution is -2.39. The number of likely N-dealkylation sites (tertiary alicyclic amines) is 1. The van der Waals surface area contributed by atoms with Crippen LogP contribution in [0.5, 0.6) is 0 Å². The number of amides is 1. The smallest absolute Gasteiger partial charge is 0.310 e. The van der Waals surface area contributed by atoms with Gasteiger partial charge in [-0.05, 0) is 6.92 Å². The first-order valence-corrected chi connectivity index (χ1v) is 5.48. The summed E-state index contributed by atoms with van der Waals surface area (Å²) in [6.45, 7) is 2.98. The quantitative estimate of drug-likeness (QED) is 0.662. The molecule has 2 fully saturated rings. The lowest BCUT2D eigenvalue weighted by Gasteiger charge is -2.21. The van der Waals surface area contributed by atoms with Crippen molar-refractivity contribution in [3.05, 3.63) is 12.2 Å². The van der Waals surface area contributed by atoms with Crippen molar-refractivity contribution in [2.24, 2.45) is 11.8 Å². The van der Waals surface area contributed by atoms with Crippen molar-refractivity contribution < 1.29 is 19.4 Å². The third-order valence-corrected chi connectivity index (χ3v) is 3.85. The van der Waals surface area contributed by atoms with E-state index in [1.54, 1.807) is 11.0 Å². The monoisotopic (exact) mass is 223 g/mol. The lowest BCUT2D eigenvalue weighted by molar-refractivity contribution is -0.148. The van der Waals surface area contributed by atoms with E-state index in [0.29, 0.717) is 13.1 Å². The molecule has 5 heteroatoms. The van der Waals surface area contributed by atoms with Crippen LogP contribution in [0.25, 0.3) is 0 Å². The van der Waals surface area contributed by atoms with Crippen molar-refractivity contribution in [2.45, 2.75) is 18.6 Å². The van der Waals surface area contributed by atoms with Gasteiger partial charge in [-0.15, -0.1) is 0 Å². The standard InChI is InChI=1S/C11H13NO4/c1-2-12-5-11-4-3-6(16-11)7(10(14)15)8(11)9(12)13/h3-4,6-8H,2,5H2,1H3,(H,14,15)/t6-,7-,8+,11+/m0/s1. The second-order valence-electron chi connectivity index (χ2n) is 4.59. The Labute approximate surface area is 92.7 Å². The molecule has 5 nitrogen and oxygen atoms in total. The van der Waals surface area contributed by atoms with E-state index < -0.39 is 29.5 Å². The number of likely N-dealkylation sites (N-methyl/N-ethyl adjacent to an activating group) is 1. The van der Waals surface area contributed by atoms with Gasteiger partial charge in [0.2, 0.25) is 5.91 Å². The molecule has 4 atom stereocenters. The first-order chi connectivity index (χ1) is 7.59. The predicted molar refractivity (Wildman–Crippen MR) is 53.6 cm³/mol. The number of ether oxygens (including phenoxy) is 1. The topological polar surface area (TPSA) is 66.8 Å². The van der Waals surface area contributed by atoms with Crippen molar-refractivity contribution >= 4 is 11.9 Å². The summed E-state index contributed by atoms with van der Waals surface area (Å²) < 4.78 is 5.71. The molecule has 86 valence electrons. The first kappa shape index (κ1) is 9.84. The molecule has 0 aromatic heterocycles. The summed E-state index contributed by atoms with van der Waals surface area (Å²) in [5.41, 5.74) is -0.666. The number of rotatable bonds is 2. The molecular formula is C11H13NO4. The molecule has 0 radical (unpaired) electrons. The Morgan fingerprint density at radius 1 is 1.75 bits per heavy atom. The van der Waals surface area contributed by atoms with Gasteiger partial charge in [0.1, 0.15) is 11.5 Å². The van der Waals surface area contributed by atoms with Crippen LogP contribution in [0, 0.1) is 11.8 Å². The zero-order valence-electron chi connectivity index (χ0n) is 8.92. The SMILES string of the molecule is CCN1C[C@@]23C=C[C@H](O2)[C@H](C(=O)O)[C@@H]3C1=O. The van der Waals surface area contributed by atoms with Gasteiger partial charge in [-0.2, -0.15) is 0 Å². The molecular weight excluding hydrogens is 210 g/mol. The highest BCUT2D eigenvalue weighted by molar-refractivity contribution is 5.90. The molecule has 3 heterocycles. The van der Waals surface area contributed by atoms with Crippen molar-refractivity contribution in [1.29, 1.82) is 0 Å². The molecule has 16 heavy (non-hydrogen) atoms. The minimum absolute atomic E-state index is 0.0817. The van der Waals surface area contributed by atoms with Crippen LogP contribution in [0.1, 0.15) is 6.92 Å². The molecule has 0 aromatic rings. The maximum Gasteiger partial charge on any atom is 0.310 e. The van der Waals surface area contributed by atoms with Crippen molar-refractivity contribution in [1.82, 2.24) is 4.90 Å². The number of nitrogens with zero attached hydrogens (tertiary/aromatic N) is 1. The van der Waals surface area contributed by atoms with Gasteiger partial charge in [-0.3, -0.25) is 9.59 Å². The van der Waals surface area contributed by atoms with Crippen LogP contribution >= 0.6 is 0 Å². The molecule has 1 spiro atoms. The Balaban J connectivity index is 2.03. The molecule has 0 saturated carbocycles. The molecule has 1 N–H and O–H groups in total. The number of carboxylic acid groups (broad SMARTS) is 1. The van der Waals surface area contributed by atoms with Crippen LogP contribution in [0.15, 0.2) is 12.2 Å². The van der Waals surface area contributed by atoms with E-state index in [0.717, 1.165) is 0 Å². The van der Waals surface area contributed by atoms with Crippen LogP contribution in [0.3, 0.4) is 0 Å². The minimum Gasteiger partial charge on any atom is -0.481 e. The van der Waals surface area contributed by atoms with Gasteiger partial charge < -0.3 is 14.7 Å². The van der Waals surface area contributed by atoms with Gasteiger partial charge in [0, 0.05) is 6.54 Å². The predicted octanol–water partition coefficient (Wildman–Crippen LogP) is -0.127. The summed E-state index contributed by atoms with van der Waals surface area (Å²) in [6, 6.07) is 0. The maximum atomic E-state index is 12.1. The van der Waals surface area contributed by atoms with E-state index >= 15 is 0 Å². The molecule has 0 unspecified atom stereocenters. The number of fused-ring (bicyclic) bond motifs is 1. The number of carboxylic acids is 1. The van der Waals surface area contributed by atoms with E-state index in [1.165, 1.54) is 0 Å². The van der Waals surface area contributed by atoms with Crippen molar-refractivity contribution in [2.75, 3.05) is 13.1 Å². The van der Waals surface area contributed by atoms with E-state index in [1.807, 2.05) is 13.0 Å². The lowest BCUT2D eigenvalue weighted by atomic mass is 9.77. The van der Waals surface area contributed by atoms with E-state index in [9.17, 15) is 14.7 Å². The Bertz CT molecular complexity index is 405. The van der Waals surface area contributed by atoms with Gasteiger partial charge in [-0.25, -0.2) is 0 Å². The highest BCUT2D eigenvalue weighted by Gasteiger charge is 2.66. The third-order valence-electron chi connectivity index (χ3n) is 3.85. The van der Waals surface area contributed by atoms with Crippen molar-refractivity contribution in [3.8, 4) is 0 Å². The molecule has 2 saturated heterocycles. The van der Waals surface area contributed by atoms with Gasteiger partial charge in [-0.1, -0.05) is 12.2 Å². The van der Waals surface area contributed by atoms with Crippen LogP contribution in [0.4, 0.5) is 0 Å². The Hall–Kier alpha value is -1.36. The largest absolute Gasteiger partial charge is 0.481 e. The van der Waals surface area contributed by atoms with E-state index in [-0.39, 0.29) is 5.91 Å². The molecule has 3 aliphatic rings. The molecule has 0 aliphatic carbocycles. The number of aliphatic carboxylic acids is 1. The van der Waals surface area contributed by atoms with E-state index in [2.05, 4.69) is 0 Å². The first-order valence-electron chi connectivity index (χ1n) is 5.48. The van der Waals surface area contributed by atoms with Gasteiger partial charge in [0.25, 0.3) is 0 Å². The van der Waals surface area contributed by atoms with Gasteiger partial charge >= 0.3 is 5.97 Å². The average Bonchev–Trinajstić information content (AvgIpc) is 2.86. The zero-order valence-corrected chi connectivity index (χ0v) is 8.92. The highest BCUT2D eigenvalue weighted by Crippen LogP contribution is 2.51. The maximum absolute atomic E-state index is 12.1. The zero-order chi connectivity index (χ0) is 11.5. The minimum atomic E-state index is -0.937. The van der Waals surface area contributed by atoms with Crippen LogP contribution < -0.4 is 0 Å². The fourth-order valence-electron chi connectivity index (χ4n) is 3.13. The fourth-order valence-corrected chi connectivity index (χ4v) is 3.13. The number of hydrogen-bond donors (Lipinski definition) is 1. The summed E-state index contributed by atoms with van der Waals surface area (Å²) in [4.78, 5) is 24.9. The molecule has 0 aromatic carbocycles. The summed E-state index contributed by atoms with van der Waals surface area (Å²) in [7, 11) is 0. The number of carbonyl (C=O) groups is 2. The summed E-state index contributed by atoms with van der Waals surface area (Å²) in [6.07, 6.45) is 3.22. The van der Waals surface area contributed by atoms with Gasteiger partial charge in [0.05, 0.1) is 18.6 Å². The Morgan fingerprint density at radius 3 is 3.12 bits per heavy atom. The molecule has 2 bridgehead atoms. The summed E-state index contributed by atoms with van der Waals surface area (Å²) >= 11 is 0. The van der Waals surface area contributed by atoms with Crippen molar-refractivity contribution in [3.63, 3.8) is 0 Å². The third kappa shape index (κ3) is 0.942. The Kier molecular flexibility index (Phi) is 1.75. The van der Waals surface area contributed by atoms with Crippen LogP contribution in [-0.2, 0) is 14.3 Å². The second-order valence-corrected chi connectivity index (χ2v) is 4.59. The molecule has 1 amide bonds. The Morgan fingerprint density at radius 2 is 2.50 bits per heavy atom.